The minimum absolute atomic E-state index is 0.1000. The third kappa shape index (κ3) is 5.48. The number of hydrogen-bond donors (Lipinski definition) is 3. The van der Waals surface area contributed by atoms with E-state index >= 15 is 0 Å². The van der Waals surface area contributed by atoms with Crippen LogP contribution < -0.4 is 15.5 Å². The molecule has 1 heterocycles. The van der Waals surface area contributed by atoms with Crippen LogP contribution in [0.15, 0.2) is 51.7 Å². The lowest BCUT2D eigenvalue weighted by Crippen LogP contribution is -2.48. The van der Waals surface area contributed by atoms with E-state index in [1.54, 1.807) is 65.0 Å². The van der Waals surface area contributed by atoms with Crippen LogP contribution in [0.5, 0.6) is 17.2 Å². The number of ether oxygens (including phenoxy) is 2. The number of phenolic OH excluding ortho intramolecular Hbond substituents is 2. The highest BCUT2D eigenvalue weighted by molar-refractivity contribution is 5.90. The van der Waals surface area contributed by atoms with Gasteiger partial charge in [0.2, 0.25) is 5.75 Å². The van der Waals surface area contributed by atoms with Gasteiger partial charge >= 0.3 is 12.1 Å². The van der Waals surface area contributed by atoms with E-state index in [1.165, 1.54) is 6.07 Å². The van der Waals surface area contributed by atoms with Gasteiger partial charge < -0.3 is 29.4 Å². The number of esters is 1. The van der Waals surface area contributed by atoms with Crippen LogP contribution in [0, 0.1) is 5.92 Å². The Morgan fingerprint density at radius 3 is 2.26 bits per heavy atom. The first-order valence-electron chi connectivity index (χ1n) is 10.7. The molecule has 0 bridgehead atoms. The Labute approximate surface area is 195 Å². The van der Waals surface area contributed by atoms with Crippen LogP contribution >= 0.6 is 0 Å². The van der Waals surface area contributed by atoms with Crippen molar-refractivity contribution in [2.45, 2.75) is 46.3 Å². The van der Waals surface area contributed by atoms with Crippen molar-refractivity contribution in [1.29, 1.82) is 0 Å². The fraction of sp³-hybridized carbons (Fsp3) is 0.320. The highest BCUT2D eigenvalue weighted by Gasteiger charge is 2.30. The maximum Gasteiger partial charge on any atom is 0.413 e. The number of carbonyl (C=O) groups is 2. The number of carbonyl (C=O) groups excluding carboxylic acids is 2. The molecule has 0 unspecified atom stereocenters. The molecular formula is C25H27NO8. The summed E-state index contributed by atoms with van der Waals surface area (Å²) in [5.74, 6) is -2.82. The van der Waals surface area contributed by atoms with Crippen molar-refractivity contribution in [2.75, 3.05) is 0 Å². The quantitative estimate of drug-likeness (QED) is 0.371. The maximum absolute atomic E-state index is 12.6. The number of nitrogens with one attached hydrogen (secondary N) is 1. The fourth-order valence-electron chi connectivity index (χ4n) is 3.21. The number of rotatable bonds is 5. The lowest BCUT2D eigenvalue weighted by Gasteiger charge is -2.26. The minimum Gasteiger partial charge on any atom is -0.504 e. The van der Waals surface area contributed by atoms with Crippen LogP contribution in [0.25, 0.3) is 22.3 Å². The van der Waals surface area contributed by atoms with E-state index in [0.29, 0.717) is 5.56 Å². The van der Waals surface area contributed by atoms with Crippen molar-refractivity contribution in [1.82, 2.24) is 5.32 Å². The largest absolute Gasteiger partial charge is 0.504 e. The summed E-state index contributed by atoms with van der Waals surface area (Å²) < 4.78 is 16.2. The van der Waals surface area contributed by atoms with E-state index in [1.807, 2.05) is 0 Å². The van der Waals surface area contributed by atoms with E-state index in [9.17, 15) is 24.6 Å². The summed E-state index contributed by atoms with van der Waals surface area (Å²) in [5.41, 5.74) is -0.830. The van der Waals surface area contributed by atoms with Crippen LogP contribution in [-0.4, -0.2) is 33.9 Å². The third-order valence-electron chi connectivity index (χ3n) is 4.79. The first kappa shape index (κ1) is 24.6. The summed E-state index contributed by atoms with van der Waals surface area (Å²) in [6.45, 7) is 8.54. The summed E-state index contributed by atoms with van der Waals surface area (Å²) in [7, 11) is 0. The third-order valence-corrected chi connectivity index (χ3v) is 4.79. The monoisotopic (exact) mass is 469 g/mol. The Bertz CT molecular complexity index is 1270. The Hall–Kier alpha value is -4.01. The number of aromatic hydroxyl groups is 2. The van der Waals surface area contributed by atoms with Gasteiger partial charge in [-0.1, -0.05) is 44.2 Å². The van der Waals surface area contributed by atoms with Crippen molar-refractivity contribution < 1.29 is 33.7 Å². The SMILES string of the molecule is CC(C)[C@H](NC(=O)Oc1cc2oc(-c3ccccc3)cc(=O)c2c(O)c1O)C(=O)OC(C)(C)C. The fourth-order valence-corrected chi connectivity index (χ4v) is 3.21. The van der Waals surface area contributed by atoms with Crippen molar-refractivity contribution >= 4 is 23.0 Å². The Morgan fingerprint density at radius 1 is 1.03 bits per heavy atom. The number of phenols is 2. The van der Waals surface area contributed by atoms with Gasteiger partial charge in [0, 0.05) is 17.7 Å². The van der Waals surface area contributed by atoms with E-state index in [-0.39, 0.29) is 22.6 Å². The lowest BCUT2D eigenvalue weighted by molar-refractivity contribution is -0.158. The molecule has 9 heteroatoms. The summed E-state index contributed by atoms with van der Waals surface area (Å²) in [4.78, 5) is 37.6. The summed E-state index contributed by atoms with van der Waals surface area (Å²) in [6.07, 6.45) is -1.07. The van der Waals surface area contributed by atoms with E-state index in [2.05, 4.69) is 5.32 Å². The molecular weight excluding hydrogens is 442 g/mol. The Balaban J connectivity index is 1.93. The van der Waals surface area contributed by atoms with E-state index < -0.39 is 46.4 Å². The van der Waals surface area contributed by atoms with Gasteiger partial charge in [-0.3, -0.25) is 4.79 Å². The van der Waals surface area contributed by atoms with Crippen LogP contribution in [0.3, 0.4) is 0 Å². The molecule has 3 N–H and O–H groups in total. The summed E-state index contributed by atoms with van der Waals surface area (Å²) >= 11 is 0. The van der Waals surface area contributed by atoms with Gasteiger partial charge in [0.05, 0.1) is 0 Å². The molecule has 0 saturated heterocycles. The van der Waals surface area contributed by atoms with Crippen LogP contribution in [0.4, 0.5) is 4.79 Å². The molecule has 1 amide bonds. The molecule has 34 heavy (non-hydrogen) atoms. The molecule has 0 saturated carbocycles. The number of amides is 1. The van der Waals surface area contributed by atoms with Crippen molar-refractivity contribution in [2.24, 2.45) is 5.92 Å². The van der Waals surface area contributed by atoms with E-state index in [4.69, 9.17) is 13.9 Å². The van der Waals surface area contributed by atoms with Gasteiger partial charge in [-0.25, -0.2) is 9.59 Å². The van der Waals surface area contributed by atoms with Gasteiger partial charge in [-0.2, -0.15) is 0 Å². The maximum atomic E-state index is 12.6. The van der Waals surface area contributed by atoms with Crippen LogP contribution in [-0.2, 0) is 9.53 Å². The summed E-state index contributed by atoms with van der Waals surface area (Å²) in [6, 6.07) is 10.1. The van der Waals surface area contributed by atoms with Gasteiger partial charge in [-0.05, 0) is 26.7 Å². The molecule has 0 aliphatic rings. The van der Waals surface area contributed by atoms with Crippen LogP contribution in [0.1, 0.15) is 34.6 Å². The molecule has 3 rings (SSSR count). The second-order valence-electron chi connectivity index (χ2n) is 9.07. The molecule has 9 nitrogen and oxygen atoms in total. The molecule has 1 aromatic heterocycles. The van der Waals surface area contributed by atoms with Gasteiger partial charge in [0.1, 0.15) is 28.4 Å². The second kappa shape index (κ2) is 9.46. The zero-order valence-electron chi connectivity index (χ0n) is 19.5. The van der Waals surface area contributed by atoms with Gasteiger partial charge in [-0.15, -0.1) is 0 Å². The van der Waals surface area contributed by atoms with Crippen molar-refractivity contribution in [3.05, 3.63) is 52.7 Å². The predicted molar refractivity (Wildman–Crippen MR) is 125 cm³/mol. The van der Waals surface area contributed by atoms with Gasteiger partial charge in [0.25, 0.3) is 0 Å². The standard InChI is InChI=1S/C25H27NO8/c1-13(2)20(23(30)34-25(3,4)5)26-24(31)33-18-12-17-19(22(29)21(18)28)15(27)11-16(32-17)14-9-7-6-8-10-14/h6-13,20,28-29H,1-5H3,(H,26,31)/t20-/m0/s1. The molecule has 0 radical (unpaired) electrons. The topological polar surface area (TPSA) is 135 Å². The Morgan fingerprint density at radius 2 is 1.68 bits per heavy atom. The molecule has 180 valence electrons. The molecule has 0 spiro atoms. The van der Waals surface area contributed by atoms with Crippen molar-refractivity contribution in [3.8, 4) is 28.6 Å². The highest BCUT2D eigenvalue weighted by Crippen LogP contribution is 2.41. The molecule has 0 aliphatic heterocycles. The molecule has 0 aliphatic carbocycles. The minimum atomic E-state index is -1.07. The number of benzene rings is 2. The zero-order valence-corrected chi connectivity index (χ0v) is 19.5. The second-order valence-corrected chi connectivity index (χ2v) is 9.07. The van der Waals surface area contributed by atoms with E-state index in [0.717, 1.165) is 6.07 Å². The molecule has 0 fully saturated rings. The number of fused-ring (bicyclic) bond motifs is 1. The average Bonchev–Trinajstić information content (AvgIpc) is 2.74. The highest BCUT2D eigenvalue weighted by atomic mass is 16.6. The Kier molecular flexibility index (Phi) is 6.85. The zero-order chi connectivity index (χ0) is 25.2. The lowest BCUT2D eigenvalue weighted by atomic mass is 10.0. The van der Waals surface area contributed by atoms with Crippen LogP contribution in [0.2, 0.25) is 0 Å². The first-order valence-corrected chi connectivity index (χ1v) is 10.7. The average molecular weight is 469 g/mol. The predicted octanol–water partition coefficient (Wildman–Crippen LogP) is 4.33. The number of hydrogen-bond acceptors (Lipinski definition) is 8. The summed E-state index contributed by atoms with van der Waals surface area (Å²) in [5, 5.41) is 22.9. The smallest absolute Gasteiger partial charge is 0.413 e. The normalized spacial score (nSPS) is 12.4. The molecule has 1 atom stereocenters. The first-order chi connectivity index (χ1) is 15.9. The molecule has 3 aromatic rings. The van der Waals surface area contributed by atoms with Gasteiger partial charge in [0.15, 0.2) is 16.9 Å². The van der Waals surface area contributed by atoms with Crippen molar-refractivity contribution in [3.63, 3.8) is 0 Å². The molecule has 2 aromatic carbocycles.